The minimum Gasteiger partial charge on any atom is -0.454 e. The van der Waals surface area contributed by atoms with E-state index in [-0.39, 0.29) is 19.1 Å². The Morgan fingerprint density at radius 2 is 2.08 bits per heavy atom. The number of nitrogens with zero attached hydrogens (tertiary/aromatic N) is 2. The Morgan fingerprint density at radius 3 is 2.92 bits per heavy atom. The lowest BCUT2D eigenvalue weighted by Crippen LogP contribution is -2.14. The number of fused-ring (bicyclic) bond motifs is 2. The van der Waals surface area contributed by atoms with Gasteiger partial charge >= 0.3 is 0 Å². The quantitative estimate of drug-likeness (QED) is 0.662. The highest BCUT2D eigenvalue weighted by atomic mass is 32.2. The normalized spacial score (nSPS) is 13.6. The summed E-state index contributed by atoms with van der Waals surface area (Å²) in [6.45, 7) is 0.229. The first-order valence-electron chi connectivity index (χ1n) is 7.74. The van der Waals surface area contributed by atoms with Gasteiger partial charge in [-0.3, -0.25) is 4.79 Å². The molecule has 4 rings (SSSR count). The Balaban J connectivity index is 1.62. The van der Waals surface area contributed by atoms with Crippen LogP contribution in [0.1, 0.15) is 5.56 Å². The summed E-state index contributed by atoms with van der Waals surface area (Å²) >= 11 is 3.23. The molecule has 128 valence electrons. The van der Waals surface area contributed by atoms with Crippen LogP contribution >= 0.6 is 23.1 Å². The van der Waals surface area contributed by atoms with Gasteiger partial charge in [0, 0.05) is 11.9 Å². The summed E-state index contributed by atoms with van der Waals surface area (Å²) in [6.07, 6.45) is 2.29. The second-order valence-corrected chi connectivity index (χ2v) is 7.54. The van der Waals surface area contributed by atoms with Crippen molar-refractivity contribution < 1.29 is 14.3 Å². The summed E-state index contributed by atoms with van der Waals surface area (Å²) < 4.78 is 13.7. The van der Waals surface area contributed by atoms with E-state index < -0.39 is 0 Å². The third-order valence-electron chi connectivity index (χ3n) is 4.03. The monoisotopic (exact) mass is 372 g/mol. The predicted molar refractivity (Wildman–Crippen MR) is 99.4 cm³/mol. The van der Waals surface area contributed by atoms with E-state index >= 15 is 0 Å². The summed E-state index contributed by atoms with van der Waals surface area (Å²) in [5.74, 6) is 1.22. The van der Waals surface area contributed by atoms with E-state index in [1.807, 2.05) is 29.8 Å². The fraction of sp³-hybridized carbons (Fsp3) is 0.222. The van der Waals surface area contributed by atoms with Crippen molar-refractivity contribution in [3.8, 4) is 11.5 Å². The number of carbonyl (C=O) groups is 1. The highest BCUT2D eigenvalue weighted by Crippen LogP contribution is 2.32. The molecule has 0 saturated carbocycles. The molecule has 1 aliphatic rings. The third kappa shape index (κ3) is 3.17. The fourth-order valence-electron chi connectivity index (χ4n) is 2.72. The zero-order valence-corrected chi connectivity index (χ0v) is 15.4. The number of carbonyl (C=O) groups excluding carboxylic acids is 1. The molecular formula is C18H16N2O3S2. The van der Waals surface area contributed by atoms with Gasteiger partial charge in [0.2, 0.25) is 6.79 Å². The molecule has 0 unspecified atom stereocenters. The van der Waals surface area contributed by atoms with Gasteiger partial charge in [-0.1, -0.05) is 17.4 Å². The lowest BCUT2D eigenvalue weighted by atomic mass is 10.1. The zero-order chi connectivity index (χ0) is 17.4. The maximum atomic E-state index is 12.4. The fourth-order valence-corrected chi connectivity index (χ4v) is 4.31. The molecule has 3 aromatic rings. The third-order valence-corrected chi connectivity index (χ3v) is 5.85. The lowest BCUT2D eigenvalue weighted by Gasteiger charge is -2.00. The van der Waals surface area contributed by atoms with Crippen LogP contribution in [0.15, 0.2) is 46.3 Å². The van der Waals surface area contributed by atoms with Crippen LogP contribution in [-0.4, -0.2) is 23.5 Å². The van der Waals surface area contributed by atoms with Crippen molar-refractivity contribution in [3.63, 3.8) is 0 Å². The SMILES string of the molecule is CSc1ccc2c(c1)sc(=NC(=O)Cc1ccc3c(c1)OCO3)n2C. The number of hydrogen-bond acceptors (Lipinski definition) is 5. The van der Waals surface area contributed by atoms with Crippen molar-refractivity contribution in [1.29, 1.82) is 0 Å². The summed E-state index contributed by atoms with van der Waals surface area (Å²) in [5.41, 5.74) is 1.95. The number of ether oxygens (including phenoxy) is 2. The Hall–Kier alpha value is -2.25. The number of benzene rings is 2. The molecule has 0 aliphatic carbocycles. The Kier molecular flexibility index (Phi) is 4.27. The predicted octanol–water partition coefficient (Wildman–Crippen LogP) is 3.36. The zero-order valence-electron chi connectivity index (χ0n) is 13.8. The van der Waals surface area contributed by atoms with E-state index in [0.29, 0.717) is 16.3 Å². The average Bonchev–Trinajstić information content (AvgIpc) is 3.19. The van der Waals surface area contributed by atoms with Crippen LogP contribution in [0.2, 0.25) is 0 Å². The largest absolute Gasteiger partial charge is 0.454 e. The van der Waals surface area contributed by atoms with E-state index in [1.54, 1.807) is 11.8 Å². The van der Waals surface area contributed by atoms with Crippen molar-refractivity contribution in [3.05, 3.63) is 46.8 Å². The molecule has 1 amide bonds. The molecule has 0 radical (unpaired) electrons. The first-order valence-corrected chi connectivity index (χ1v) is 9.78. The number of thioether (sulfide) groups is 1. The van der Waals surface area contributed by atoms with Crippen LogP contribution in [0, 0.1) is 0 Å². The molecule has 0 bridgehead atoms. The molecule has 1 aliphatic heterocycles. The molecule has 7 heteroatoms. The van der Waals surface area contributed by atoms with Crippen molar-refractivity contribution in [1.82, 2.24) is 4.57 Å². The molecule has 2 heterocycles. The van der Waals surface area contributed by atoms with E-state index in [4.69, 9.17) is 9.47 Å². The van der Waals surface area contributed by atoms with Gasteiger partial charge in [0.15, 0.2) is 16.3 Å². The van der Waals surface area contributed by atoms with Crippen LogP contribution in [0.25, 0.3) is 10.2 Å². The number of aromatic nitrogens is 1. The average molecular weight is 372 g/mol. The Labute approximate surface area is 152 Å². The molecule has 2 aromatic carbocycles. The van der Waals surface area contributed by atoms with Gasteiger partial charge in [0.25, 0.3) is 5.91 Å². The van der Waals surface area contributed by atoms with Gasteiger partial charge in [-0.25, -0.2) is 0 Å². The molecular weight excluding hydrogens is 356 g/mol. The molecule has 0 spiro atoms. The smallest absolute Gasteiger partial charge is 0.252 e. The van der Waals surface area contributed by atoms with E-state index in [9.17, 15) is 4.79 Å². The van der Waals surface area contributed by atoms with Crippen molar-refractivity contribution >= 4 is 39.2 Å². The van der Waals surface area contributed by atoms with Crippen LogP contribution in [0.5, 0.6) is 11.5 Å². The number of hydrogen-bond donors (Lipinski definition) is 0. The molecule has 0 fully saturated rings. The standard InChI is InChI=1S/C18H16N2O3S2/c1-20-13-5-4-12(24-2)9-16(13)25-18(20)19-17(21)8-11-3-6-14-15(7-11)23-10-22-14/h3-7,9H,8,10H2,1-2H3. The second kappa shape index (κ2) is 6.57. The number of aryl methyl sites for hydroxylation is 1. The lowest BCUT2D eigenvalue weighted by molar-refractivity contribution is -0.117. The first kappa shape index (κ1) is 16.2. The maximum absolute atomic E-state index is 12.4. The van der Waals surface area contributed by atoms with E-state index in [2.05, 4.69) is 29.4 Å². The van der Waals surface area contributed by atoms with E-state index in [1.165, 1.54) is 16.2 Å². The van der Waals surface area contributed by atoms with E-state index in [0.717, 1.165) is 15.8 Å². The van der Waals surface area contributed by atoms with Crippen molar-refractivity contribution in [2.24, 2.45) is 12.0 Å². The van der Waals surface area contributed by atoms with Crippen LogP contribution in [-0.2, 0) is 18.3 Å². The highest BCUT2D eigenvalue weighted by Gasteiger charge is 2.14. The van der Waals surface area contributed by atoms with Gasteiger partial charge in [0.05, 0.1) is 16.6 Å². The van der Waals surface area contributed by atoms with Crippen molar-refractivity contribution in [2.45, 2.75) is 11.3 Å². The van der Waals surface area contributed by atoms with Gasteiger partial charge in [-0.2, -0.15) is 4.99 Å². The summed E-state index contributed by atoms with van der Waals surface area (Å²) in [7, 11) is 1.93. The highest BCUT2D eigenvalue weighted by molar-refractivity contribution is 7.98. The second-order valence-electron chi connectivity index (χ2n) is 5.65. The molecule has 1 aromatic heterocycles. The van der Waals surface area contributed by atoms with Gasteiger partial charge in [0.1, 0.15) is 0 Å². The van der Waals surface area contributed by atoms with Gasteiger partial charge in [-0.15, -0.1) is 11.8 Å². The van der Waals surface area contributed by atoms with Crippen LogP contribution in [0.3, 0.4) is 0 Å². The first-order chi connectivity index (χ1) is 12.1. The number of rotatable bonds is 3. The van der Waals surface area contributed by atoms with Gasteiger partial charge < -0.3 is 14.0 Å². The van der Waals surface area contributed by atoms with Crippen LogP contribution < -0.4 is 14.3 Å². The van der Waals surface area contributed by atoms with Crippen LogP contribution in [0.4, 0.5) is 0 Å². The maximum Gasteiger partial charge on any atom is 0.252 e. The Bertz CT molecular complexity index is 1040. The Morgan fingerprint density at radius 1 is 1.24 bits per heavy atom. The van der Waals surface area contributed by atoms with Gasteiger partial charge in [-0.05, 0) is 42.2 Å². The summed E-state index contributed by atoms with van der Waals surface area (Å²) in [6, 6.07) is 11.8. The molecule has 0 N–H and O–H groups in total. The molecule has 25 heavy (non-hydrogen) atoms. The number of thiazole rings is 1. The number of amides is 1. The minimum absolute atomic E-state index is 0.175. The molecule has 5 nitrogen and oxygen atoms in total. The molecule has 0 saturated heterocycles. The minimum atomic E-state index is -0.175. The molecule has 0 atom stereocenters. The summed E-state index contributed by atoms with van der Waals surface area (Å²) in [4.78, 5) is 18.6. The van der Waals surface area contributed by atoms with Crippen molar-refractivity contribution in [2.75, 3.05) is 13.0 Å². The topological polar surface area (TPSA) is 52.8 Å². The summed E-state index contributed by atoms with van der Waals surface area (Å²) in [5, 5.41) is 0.